The number of carbonyl (C=O) groups is 3. The number of anilines is 1. The van der Waals surface area contributed by atoms with E-state index in [2.05, 4.69) is 5.32 Å². The summed E-state index contributed by atoms with van der Waals surface area (Å²) in [5, 5.41) is 3.25. The van der Waals surface area contributed by atoms with E-state index in [-0.39, 0.29) is 12.5 Å². The zero-order chi connectivity index (χ0) is 17.4. The third-order valence-corrected chi connectivity index (χ3v) is 4.76. The number of thiophene rings is 1. The molecule has 0 saturated carbocycles. The molecule has 1 aliphatic rings. The van der Waals surface area contributed by atoms with Crippen LogP contribution in [0.2, 0.25) is 0 Å². The van der Waals surface area contributed by atoms with Gasteiger partial charge in [-0.25, -0.2) is 9.59 Å². The SMILES string of the molecule is Cc1sc(NC(=O)C(C)(C)C)c(C(=O)O[C@H]2CCOC2=O)c1C. The molecule has 0 aromatic carbocycles. The van der Waals surface area contributed by atoms with Crippen LogP contribution in [0.3, 0.4) is 0 Å². The lowest BCUT2D eigenvalue weighted by atomic mass is 9.96. The molecule has 1 N–H and O–H groups in total. The summed E-state index contributed by atoms with van der Waals surface area (Å²) in [7, 11) is 0. The molecule has 126 valence electrons. The molecule has 1 aromatic rings. The van der Waals surface area contributed by atoms with E-state index in [0.717, 1.165) is 10.4 Å². The monoisotopic (exact) mass is 339 g/mol. The van der Waals surface area contributed by atoms with Crippen LogP contribution in [0.5, 0.6) is 0 Å². The van der Waals surface area contributed by atoms with Crippen LogP contribution in [0.15, 0.2) is 0 Å². The van der Waals surface area contributed by atoms with Crippen molar-refractivity contribution in [2.75, 3.05) is 11.9 Å². The van der Waals surface area contributed by atoms with Gasteiger partial charge in [0.25, 0.3) is 0 Å². The molecule has 6 nitrogen and oxygen atoms in total. The second kappa shape index (κ2) is 6.31. The van der Waals surface area contributed by atoms with E-state index in [0.29, 0.717) is 17.0 Å². The number of rotatable bonds is 3. The van der Waals surface area contributed by atoms with Gasteiger partial charge in [0.2, 0.25) is 12.0 Å². The number of hydrogen-bond donors (Lipinski definition) is 1. The maximum atomic E-state index is 12.5. The molecule has 1 saturated heterocycles. The van der Waals surface area contributed by atoms with Crippen molar-refractivity contribution in [2.45, 2.75) is 47.1 Å². The third kappa shape index (κ3) is 3.72. The standard InChI is InChI=1S/C16H21NO5S/c1-8-9(2)23-12(17-15(20)16(3,4)5)11(8)14(19)22-10-6-7-21-13(10)18/h10H,6-7H2,1-5H3,(H,17,20)/t10-/m0/s1. The van der Waals surface area contributed by atoms with Gasteiger partial charge >= 0.3 is 11.9 Å². The Hall–Kier alpha value is -1.89. The molecular formula is C16H21NO5S. The van der Waals surface area contributed by atoms with E-state index in [1.807, 2.05) is 6.92 Å². The first-order valence-corrected chi connectivity index (χ1v) is 8.22. The van der Waals surface area contributed by atoms with Crippen molar-refractivity contribution in [1.82, 2.24) is 0 Å². The number of ether oxygens (including phenoxy) is 2. The lowest BCUT2D eigenvalue weighted by Gasteiger charge is -2.17. The molecule has 7 heteroatoms. The number of nitrogens with one attached hydrogen (secondary N) is 1. The Morgan fingerprint density at radius 2 is 1.96 bits per heavy atom. The highest BCUT2D eigenvalue weighted by molar-refractivity contribution is 7.16. The van der Waals surface area contributed by atoms with Crippen LogP contribution in [0, 0.1) is 19.3 Å². The highest BCUT2D eigenvalue weighted by Gasteiger charge is 2.33. The van der Waals surface area contributed by atoms with Crippen LogP contribution in [0.1, 0.15) is 48.0 Å². The second-order valence-electron chi connectivity index (χ2n) is 6.54. The third-order valence-electron chi connectivity index (χ3n) is 3.63. The Morgan fingerprint density at radius 3 is 2.48 bits per heavy atom. The van der Waals surface area contributed by atoms with Crippen molar-refractivity contribution in [3.05, 3.63) is 16.0 Å². The van der Waals surface area contributed by atoms with E-state index in [9.17, 15) is 14.4 Å². The van der Waals surface area contributed by atoms with Gasteiger partial charge in [0, 0.05) is 16.7 Å². The van der Waals surface area contributed by atoms with Crippen LogP contribution >= 0.6 is 11.3 Å². The summed E-state index contributed by atoms with van der Waals surface area (Å²) < 4.78 is 10.0. The fourth-order valence-electron chi connectivity index (χ4n) is 2.02. The minimum atomic E-state index is -0.867. The predicted molar refractivity (Wildman–Crippen MR) is 86.7 cm³/mol. The predicted octanol–water partition coefficient (Wildman–Crippen LogP) is 2.82. The van der Waals surface area contributed by atoms with E-state index in [1.165, 1.54) is 11.3 Å². The summed E-state index contributed by atoms with van der Waals surface area (Å²) in [5.41, 5.74) is 0.475. The highest BCUT2D eigenvalue weighted by atomic mass is 32.1. The first-order valence-electron chi connectivity index (χ1n) is 7.40. The Labute approximate surface area is 139 Å². The molecule has 1 aromatic heterocycles. The Balaban J connectivity index is 2.25. The molecule has 1 fully saturated rings. The molecule has 0 bridgehead atoms. The minimum Gasteiger partial charge on any atom is -0.463 e. The fourth-order valence-corrected chi connectivity index (χ4v) is 3.07. The molecule has 2 heterocycles. The van der Waals surface area contributed by atoms with Gasteiger partial charge in [-0.15, -0.1) is 11.3 Å². The van der Waals surface area contributed by atoms with Crippen LogP contribution < -0.4 is 5.32 Å². The smallest absolute Gasteiger partial charge is 0.347 e. The summed E-state index contributed by atoms with van der Waals surface area (Å²) in [4.78, 5) is 37.0. The largest absolute Gasteiger partial charge is 0.463 e. The summed E-state index contributed by atoms with van der Waals surface area (Å²) in [6.07, 6.45) is -0.510. The Morgan fingerprint density at radius 1 is 1.30 bits per heavy atom. The zero-order valence-electron chi connectivity index (χ0n) is 13.9. The van der Waals surface area contributed by atoms with Crippen LogP contribution in [0.25, 0.3) is 0 Å². The maximum Gasteiger partial charge on any atom is 0.347 e. The summed E-state index contributed by atoms with van der Waals surface area (Å²) >= 11 is 1.32. The lowest BCUT2D eigenvalue weighted by molar-refractivity contribution is -0.145. The van der Waals surface area contributed by atoms with Crippen molar-refractivity contribution >= 4 is 34.2 Å². The minimum absolute atomic E-state index is 0.187. The summed E-state index contributed by atoms with van der Waals surface area (Å²) in [5.74, 6) is -1.32. The molecule has 0 spiro atoms. The Kier molecular flexibility index (Phi) is 4.79. The van der Waals surface area contributed by atoms with Gasteiger partial charge in [0.05, 0.1) is 12.2 Å². The van der Waals surface area contributed by atoms with E-state index < -0.39 is 23.5 Å². The summed E-state index contributed by atoms with van der Waals surface area (Å²) in [6, 6.07) is 0. The van der Waals surface area contributed by atoms with Gasteiger partial charge in [0.15, 0.2) is 0 Å². The number of carbonyl (C=O) groups excluding carboxylic acids is 3. The van der Waals surface area contributed by atoms with Crippen molar-refractivity contribution in [3.63, 3.8) is 0 Å². The number of amides is 1. The van der Waals surface area contributed by atoms with Crippen molar-refractivity contribution in [3.8, 4) is 0 Å². The lowest BCUT2D eigenvalue weighted by Crippen LogP contribution is -2.28. The molecule has 1 atom stereocenters. The van der Waals surface area contributed by atoms with Crippen LogP contribution in [-0.4, -0.2) is 30.6 Å². The molecule has 0 radical (unpaired) electrons. The first kappa shape index (κ1) is 17.5. The van der Waals surface area contributed by atoms with Gasteiger partial charge in [-0.3, -0.25) is 4.79 Å². The van der Waals surface area contributed by atoms with Gasteiger partial charge in [-0.1, -0.05) is 20.8 Å². The van der Waals surface area contributed by atoms with Crippen LogP contribution in [-0.2, 0) is 19.1 Å². The quantitative estimate of drug-likeness (QED) is 0.856. The maximum absolute atomic E-state index is 12.5. The van der Waals surface area contributed by atoms with E-state index in [4.69, 9.17) is 9.47 Å². The number of cyclic esters (lactones) is 1. The second-order valence-corrected chi connectivity index (χ2v) is 7.77. The van der Waals surface area contributed by atoms with Crippen molar-refractivity contribution in [1.29, 1.82) is 0 Å². The van der Waals surface area contributed by atoms with E-state index >= 15 is 0 Å². The van der Waals surface area contributed by atoms with Gasteiger partial charge in [0.1, 0.15) is 5.00 Å². The molecule has 23 heavy (non-hydrogen) atoms. The average Bonchev–Trinajstić information content (AvgIpc) is 2.94. The number of esters is 2. The van der Waals surface area contributed by atoms with Gasteiger partial charge < -0.3 is 14.8 Å². The molecule has 1 aliphatic heterocycles. The normalized spacial score (nSPS) is 17.8. The Bertz CT molecular complexity index is 656. The number of hydrogen-bond acceptors (Lipinski definition) is 6. The highest BCUT2D eigenvalue weighted by Crippen LogP contribution is 2.34. The molecule has 2 rings (SSSR count). The fraction of sp³-hybridized carbons (Fsp3) is 0.562. The topological polar surface area (TPSA) is 81.7 Å². The molecule has 0 aliphatic carbocycles. The molecule has 0 unspecified atom stereocenters. The zero-order valence-corrected chi connectivity index (χ0v) is 14.8. The van der Waals surface area contributed by atoms with Gasteiger partial charge in [-0.05, 0) is 19.4 Å². The first-order chi connectivity index (χ1) is 10.6. The summed E-state index contributed by atoms with van der Waals surface area (Å²) in [6.45, 7) is 9.30. The van der Waals surface area contributed by atoms with E-state index in [1.54, 1.807) is 27.7 Å². The number of aryl methyl sites for hydroxylation is 1. The van der Waals surface area contributed by atoms with Gasteiger partial charge in [-0.2, -0.15) is 0 Å². The molecule has 1 amide bonds. The molecular weight excluding hydrogens is 318 g/mol. The van der Waals surface area contributed by atoms with Crippen molar-refractivity contribution in [2.24, 2.45) is 5.41 Å². The van der Waals surface area contributed by atoms with Crippen molar-refractivity contribution < 1.29 is 23.9 Å². The average molecular weight is 339 g/mol. The van der Waals surface area contributed by atoms with Crippen LogP contribution in [0.4, 0.5) is 5.00 Å².